The number of hydrogen-bond donors (Lipinski definition) is 1. The van der Waals surface area contributed by atoms with Gasteiger partial charge in [-0.25, -0.2) is 4.39 Å². The molecule has 0 spiro atoms. The van der Waals surface area contributed by atoms with E-state index in [9.17, 15) is 14.0 Å². The molecule has 0 fully saturated rings. The van der Waals surface area contributed by atoms with Crippen LogP contribution in [0.3, 0.4) is 0 Å². The molecule has 0 aromatic heterocycles. The quantitative estimate of drug-likeness (QED) is 0.607. The molecule has 2 atom stereocenters. The lowest BCUT2D eigenvalue weighted by atomic mass is 10.0. The molecule has 6 heteroatoms. The molecule has 1 heterocycles. The standard InChI is InChI=1S/C25H23FN2O2S/c1-17(24(29)27-15-18-7-3-2-4-8-18)23-25(30)28(16-19-11-13-20(26)14-12-19)21-9-5-6-10-22(21)31-23/h2-14,17,23H,15-16H2,1H3,(H,27,29)/t17-,23-/m1/s1. The SMILES string of the molecule is C[C@@H](C(=O)NCc1ccccc1)[C@H]1Sc2ccccc2N(Cc2ccc(F)cc2)C1=O. The van der Waals surface area contributed by atoms with Crippen molar-refractivity contribution in [2.24, 2.45) is 5.92 Å². The van der Waals surface area contributed by atoms with Gasteiger partial charge in [-0.2, -0.15) is 0 Å². The van der Waals surface area contributed by atoms with Gasteiger partial charge in [-0.05, 0) is 35.4 Å². The maximum absolute atomic E-state index is 13.4. The van der Waals surface area contributed by atoms with Gasteiger partial charge in [0.25, 0.3) is 0 Å². The molecule has 4 nitrogen and oxygen atoms in total. The molecule has 0 saturated heterocycles. The van der Waals surface area contributed by atoms with Gasteiger partial charge in [-0.1, -0.05) is 61.5 Å². The summed E-state index contributed by atoms with van der Waals surface area (Å²) in [5.74, 6) is -1.09. The monoisotopic (exact) mass is 434 g/mol. The van der Waals surface area contributed by atoms with Gasteiger partial charge in [0.2, 0.25) is 11.8 Å². The van der Waals surface area contributed by atoms with Crippen LogP contribution in [-0.2, 0) is 22.7 Å². The summed E-state index contributed by atoms with van der Waals surface area (Å²) in [6.45, 7) is 2.54. The first kappa shape index (κ1) is 21.1. The predicted octanol–water partition coefficient (Wildman–Crippen LogP) is 4.79. The third-order valence-corrected chi connectivity index (χ3v) is 6.81. The minimum absolute atomic E-state index is 0.115. The number of fused-ring (bicyclic) bond motifs is 1. The zero-order valence-corrected chi connectivity index (χ0v) is 17.9. The maximum Gasteiger partial charge on any atom is 0.241 e. The van der Waals surface area contributed by atoms with Gasteiger partial charge < -0.3 is 10.2 Å². The molecule has 0 radical (unpaired) electrons. The predicted molar refractivity (Wildman–Crippen MR) is 121 cm³/mol. The molecule has 1 aliphatic rings. The van der Waals surface area contributed by atoms with Gasteiger partial charge >= 0.3 is 0 Å². The van der Waals surface area contributed by atoms with Crippen molar-refractivity contribution in [2.45, 2.75) is 30.2 Å². The Morgan fingerprint density at radius 1 is 1.00 bits per heavy atom. The second kappa shape index (κ2) is 9.35. The van der Waals surface area contributed by atoms with Crippen molar-refractivity contribution in [3.05, 3.63) is 95.8 Å². The van der Waals surface area contributed by atoms with E-state index in [-0.39, 0.29) is 17.6 Å². The molecule has 3 aromatic carbocycles. The number of benzene rings is 3. The molecule has 4 rings (SSSR count). The Morgan fingerprint density at radius 2 is 1.68 bits per heavy atom. The highest BCUT2D eigenvalue weighted by Crippen LogP contribution is 2.42. The van der Waals surface area contributed by atoms with Crippen LogP contribution in [0.5, 0.6) is 0 Å². The van der Waals surface area contributed by atoms with Gasteiger partial charge in [0, 0.05) is 11.4 Å². The number of nitrogens with one attached hydrogen (secondary N) is 1. The van der Waals surface area contributed by atoms with Crippen LogP contribution in [0.15, 0.2) is 83.8 Å². The van der Waals surface area contributed by atoms with Crippen molar-refractivity contribution in [1.82, 2.24) is 5.32 Å². The van der Waals surface area contributed by atoms with Crippen molar-refractivity contribution < 1.29 is 14.0 Å². The fourth-order valence-corrected chi connectivity index (χ4v) is 4.86. The molecular formula is C25H23FN2O2S. The lowest BCUT2D eigenvalue weighted by molar-refractivity contribution is -0.128. The van der Waals surface area contributed by atoms with Gasteiger partial charge in [-0.3, -0.25) is 9.59 Å². The first-order chi connectivity index (χ1) is 15.0. The Hall–Kier alpha value is -3.12. The van der Waals surface area contributed by atoms with Crippen molar-refractivity contribution in [2.75, 3.05) is 4.90 Å². The van der Waals surface area contributed by atoms with Crippen molar-refractivity contribution >= 4 is 29.3 Å². The van der Waals surface area contributed by atoms with Crippen LogP contribution in [0.25, 0.3) is 0 Å². The summed E-state index contributed by atoms with van der Waals surface area (Å²) in [4.78, 5) is 28.9. The number of carbonyl (C=O) groups is 2. The molecule has 1 aliphatic heterocycles. The van der Waals surface area contributed by atoms with Crippen LogP contribution < -0.4 is 10.2 Å². The van der Waals surface area contributed by atoms with E-state index >= 15 is 0 Å². The molecular weight excluding hydrogens is 411 g/mol. The summed E-state index contributed by atoms with van der Waals surface area (Å²) >= 11 is 1.43. The van der Waals surface area contributed by atoms with Crippen molar-refractivity contribution in [1.29, 1.82) is 0 Å². The number of amides is 2. The van der Waals surface area contributed by atoms with Crippen LogP contribution >= 0.6 is 11.8 Å². The molecule has 0 saturated carbocycles. The second-order valence-corrected chi connectivity index (χ2v) is 8.73. The van der Waals surface area contributed by atoms with Crippen LogP contribution in [0.4, 0.5) is 10.1 Å². The summed E-state index contributed by atoms with van der Waals surface area (Å²) in [7, 11) is 0. The maximum atomic E-state index is 13.4. The molecule has 2 amide bonds. The summed E-state index contributed by atoms with van der Waals surface area (Å²) in [5.41, 5.74) is 2.65. The first-order valence-corrected chi connectivity index (χ1v) is 11.0. The first-order valence-electron chi connectivity index (χ1n) is 10.2. The summed E-state index contributed by atoms with van der Waals surface area (Å²) < 4.78 is 13.3. The number of para-hydroxylation sites is 1. The van der Waals surface area contributed by atoms with E-state index in [1.165, 1.54) is 23.9 Å². The van der Waals surface area contributed by atoms with E-state index in [0.29, 0.717) is 13.1 Å². The minimum atomic E-state index is -0.536. The summed E-state index contributed by atoms with van der Waals surface area (Å²) in [6.07, 6.45) is 0. The number of nitrogens with zero attached hydrogens (tertiary/aromatic N) is 1. The Balaban J connectivity index is 1.53. The van der Waals surface area contributed by atoms with Crippen molar-refractivity contribution in [3.8, 4) is 0 Å². The summed E-state index contributed by atoms with van der Waals surface area (Å²) in [6, 6.07) is 23.5. The van der Waals surface area contributed by atoms with Crippen molar-refractivity contribution in [3.63, 3.8) is 0 Å². The zero-order chi connectivity index (χ0) is 21.8. The Morgan fingerprint density at radius 3 is 2.42 bits per heavy atom. The van der Waals surface area contributed by atoms with E-state index in [0.717, 1.165) is 21.7 Å². The average molecular weight is 435 g/mol. The molecule has 31 heavy (non-hydrogen) atoms. The van der Waals surface area contributed by atoms with E-state index in [2.05, 4.69) is 5.32 Å². The Bertz CT molecular complexity index is 1070. The lowest BCUT2D eigenvalue weighted by Gasteiger charge is -2.35. The highest BCUT2D eigenvalue weighted by Gasteiger charge is 2.39. The Kier molecular flexibility index (Phi) is 6.37. The lowest BCUT2D eigenvalue weighted by Crippen LogP contribution is -2.47. The van der Waals surface area contributed by atoms with E-state index < -0.39 is 11.2 Å². The van der Waals surface area contributed by atoms with E-state index in [1.54, 1.807) is 24.0 Å². The van der Waals surface area contributed by atoms with Gasteiger partial charge in [0.15, 0.2) is 0 Å². The summed E-state index contributed by atoms with van der Waals surface area (Å²) in [5, 5.41) is 2.41. The number of rotatable bonds is 6. The largest absolute Gasteiger partial charge is 0.352 e. The van der Waals surface area contributed by atoms with Crippen LogP contribution in [0.1, 0.15) is 18.1 Å². The highest BCUT2D eigenvalue weighted by molar-refractivity contribution is 8.01. The average Bonchev–Trinajstić information content (AvgIpc) is 2.80. The van der Waals surface area contributed by atoms with Crippen LogP contribution in [0, 0.1) is 11.7 Å². The molecule has 0 unspecified atom stereocenters. The minimum Gasteiger partial charge on any atom is -0.352 e. The molecule has 0 bridgehead atoms. The van der Waals surface area contributed by atoms with Crippen LogP contribution in [-0.4, -0.2) is 17.1 Å². The third-order valence-electron chi connectivity index (χ3n) is 5.35. The number of carbonyl (C=O) groups excluding carboxylic acids is 2. The molecule has 3 aromatic rings. The van der Waals surface area contributed by atoms with Gasteiger partial charge in [0.05, 0.1) is 18.2 Å². The number of anilines is 1. The number of hydrogen-bond acceptors (Lipinski definition) is 3. The fraction of sp³-hybridized carbons (Fsp3) is 0.200. The second-order valence-electron chi connectivity index (χ2n) is 7.55. The highest BCUT2D eigenvalue weighted by atomic mass is 32.2. The van der Waals surface area contributed by atoms with E-state index in [1.807, 2.05) is 54.6 Å². The fourth-order valence-electron chi connectivity index (χ4n) is 3.57. The zero-order valence-electron chi connectivity index (χ0n) is 17.1. The molecule has 1 N–H and O–H groups in total. The van der Waals surface area contributed by atoms with Gasteiger partial charge in [0.1, 0.15) is 11.1 Å². The number of thioether (sulfide) groups is 1. The third kappa shape index (κ3) is 4.80. The topological polar surface area (TPSA) is 49.4 Å². The Labute approximate surface area is 185 Å². The number of halogens is 1. The molecule has 158 valence electrons. The molecule has 0 aliphatic carbocycles. The van der Waals surface area contributed by atoms with Gasteiger partial charge in [-0.15, -0.1) is 11.8 Å². The van der Waals surface area contributed by atoms with E-state index in [4.69, 9.17) is 0 Å². The van der Waals surface area contributed by atoms with Crippen LogP contribution in [0.2, 0.25) is 0 Å². The normalized spacial score (nSPS) is 16.5. The smallest absolute Gasteiger partial charge is 0.241 e.